The molecule has 0 spiro atoms. The summed E-state index contributed by atoms with van der Waals surface area (Å²) >= 11 is 1.48. The maximum Gasteiger partial charge on any atom is 0.270 e. The summed E-state index contributed by atoms with van der Waals surface area (Å²) in [5.74, 6) is -0.0912. The molecule has 1 rings (SSSR count). The van der Waals surface area contributed by atoms with Crippen molar-refractivity contribution >= 4 is 17.2 Å². The largest absolute Gasteiger partial charge is 0.396 e. The van der Waals surface area contributed by atoms with Gasteiger partial charge in [-0.2, -0.15) is 0 Å². The van der Waals surface area contributed by atoms with Crippen molar-refractivity contribution in [3.05, 3.63) is 16.1 Å². The third-order valence-corrected chi connectivity index (χ3v) is 3.00. The van der Waals surface area contributed by atoms with Crippen LogP contribution in [0.3, 0.4) is 0 Å². The Morgan fingerprint density at radius 2 is 2.19 bits per heavy atom. The molecule has 2 N–H and O–H groups in total. The molecule has 0 unspecified atom stereocenters. The molecule has 4 nitrogen and oxygen atoms in total. The van der Waals surface area contributed by atoms with Gasteiger partial charge in [0.15, 0.2) is 0 Å². The van der Waals surface area contributed by atoms with E-state index in [9.17, 15) is 4.79 Å². The molecule has 1 aromatic heterocycles. The summed E-state index contributed by atoms with van der Waals surface area (Å²) in [7, 11) is 0. The highest BCUT2D eigenvalue weighted by Crippen LogP contribution is 2.07. The highest BCUT2D eigenvalue weighted by atomic mass is 32.1. The monoisotopic (exact) mass is 242 g/mol. The second kappa shape index (κ2) is 7.35. The minimum Gasteiger partial charge on any atom is -0.396 e. The summed E-state index contributed by atoms with van der Waals surface area (Å²) in [5.41, 5.74) is 0.512. The summed E-state index contributed by atoms with van der Waals surface area (Å²) in [4.78, 5) is 15.7. The lowest BCUT2D eigenvalue weighted by atomic mass is 10.2. The second-order valence-corrected chi connectivity index (χ2v) is 4.71. The van der Waals surface area contributed by atoms with Gasteiger partial charge in [0.05, 0.1) is 5.01 Å². The molecule has 5 heteroatoms. The van der Waals surface area contributed by atoms with Crippen molar-refractivity contribution in [3.63, 3.8) is 0 Å². The van der Waals surface area contributed by atoms with Gasteiger partial charge in [0.25, 0.3) is 5.91 Å². The Morgan fingerprint density at radius 3 is 2.81 bits per heavy atom. The quantitative estimate of drug-likeness (QED) is 0.716. The Morgan fingerprint density at radius 1 is 1.44 bits per heavy atom. The van der Waals surface area contributed by atoms with Gasteiger partial charge in [-0.3, -0.25) is 4.79 Å². The number of aryl methyl sites for hydroxylation is 1. The number of unbranched alkanes of at least 4 members (excludes halogenated alkanes) is 3. The van der Waals surface area contributed by atoms with Crippen LogP contribution >= 0.6 is 11.3 Å². The molecule has 0 saturated carbocycles. The van der Waals surface area contributed by atoms with Crippen molar-refractivity contribution in [2.24, 2.45) is 0 Å². The number of thiazole rings is 1. The fourth-order valence-corrected chi connectivity index (χ4v) is 1.94. The number of amides is 1. The molecule has 0 saturated heterocycles. The lowest BCUT2D eigenvalue weighted by Gasteiger charge is -2.02. The van der Waals surface area contributed by atoms with E-state index in [1.807, 2.05) is 6.92 Å². The number of hydrogen-bond donors (Lipinski definition) is 2. The van der Waals surface area contributed by atoms with E-state index in [0.29, 0.717) is 12.2 Å². The smallest absolute Gasteiger partial charge is 0.270 e. The topological polar surface area (TPSA) is 62.2 Å². The third-order valence-electron chi connectivity index (χ3n) is 2.22. The summed E-state index contributed by atoms with van der Waals surface area (Å²) < 4.78 is 0. The standard InChI is InChI=1S/C11H18N2O2S/c1-9-13-10(8-16-9)11(15)12-6-4-2-3-5-7-14/h8,14H,2-7H2,1H3,(H,12,15). The molecule has 0 radical (unpaired) electrons. The van der Waals surface area contributed by atoms with E-state index in [1.54, 1.807) is 5.38 Å². The van der Waals surface area contributed by atoms with Gasteiger partial charge in [-0.05, 0) is 19.8 Å². The predicted octanol–water partition coefficient (Wildman–Crippen LogP) is 1.73. The van der Waals surface area contributed by atoms with Crippen LogP contribution in [0, 0.1) is 6.92 Å². The highest BCUT2D eigenvalue weighted by Gasteiger charge is 2.07. The Bertz CT molecular complexity index is 326. The summed E-state index contributed by atoms with van der Waals surface area (Å²) in [6, 6.07) is 0. The molecule has 0 atom stereocenters. The van der Waals surface area contributed by atoms with Gasteiger partial charge in [0, 0.05) is 18.5 Å². The third kappa shape index (κ3) is 4.72. The Hall–Kier alpha value is -0.940. The average Bonchev–Trinajstić information content (AvgIpc) is 2.70. The van der Waals surface area contributed by atoms with Crippen LogP contribution in [0.25, 0.3) is 0 Å². The van der Waals surface area contributed by atoms with Crippen molar-refractivity contribution < 1.29 is 9.90 Å². The molecule has 0 aromatic carbocycles. The van der Waals surface area contributed by atoms with Crippen LogP contribution in [0.4, 0.5) is 0 Å². The number of aliphatic hydroxyl groups excluding tert-OH is 1. The van der Waals surface area contributed by atoms with Crippen molar-refractivity contribution in [1.29, 1.82) is 0 Å². The number of aliphatic hydroxyl groups is 1. The lowest BCUT2D eigenvalue weighted by molar-refractivity contribution is 0.0948. The van der Waals surface area contributed by atoms with E-state index >= 15 is 0 Å². The first-order chi connectivity index (χ1) is 7.74. The van der Waals surface area contributed by atoms with Gasteiger partial charge in [-0.25, -0.2) is 4.98 Å². The molecule has 90 valence electrons. The van der Waals surface area contributed by atoms with Crippen LogP contribution in [0.2, 0.25) is 0 Å². The van der Waals surface area contributed by atoms with E-state index < -0.39 is 0 Å². The maximum atomic E-state index is 11.5. The van der Waals surface area contributed by atoms with E-state index in [0.717, 1.165) is 30.7 Å². The minimum absolute atomic E-state index is 0.0912. The van der Waals surface area contributed by atoms with Crippen LogP contribution < -0.4 is 5.32 Å². The lowest BCUT2D eigenvalue weighted by Crippen LogP contribution is -2.24. The summed E-state index contributed by atoms with van der Waals surface area (Å²) in [6.45, 7) is 2.82. The normalized spacial score (nSPS) is 10.4. The van der Waals surface area contributed by atoms with Crippen LogP contribution in [0.1, 0.15) is 41.2 Å². The zero-order chi connectivity index (χ0) is 11.8. The molecule has 0 aliphatic carbocycles. The maximum absolute atomic E-state index is 11.5. The minimum atomic E-state index is -0.0912. The number of carbonyl (C=O) groups excluding carboxylic acids is 1. The summed E-state index contributed by atoms with van der Waals surface area (Å²) in [5, 5.41) is 14.1. The number of nitrogens with one attached hydrogen (secondary N) is 1. The van der Waals surface area contributed by atoms with Crippen LogP contribution in [0.15, 0.2) is 5.38 Å². The van der Waals surface area contributed by atoms with E-state index in [4.69, 9.17) is 5.11 Å². The van der Waals surface area contributed by atoms with Gasteiger partial charge < -0.3 is 10.4 Å². The van der Waals surface area contributed by atoms with Gasteiger partial charge in [-0.1, -0.05) is 12.8 Å². The van der Waals surface area contributed by atoms with Gasteiger partial charge >= 0.3 is 0 Å². The van der Waals surface area contributed by atoms with Crippen molar-refractivity contribution in [2.75, 3.05) is 13.2 Å². The number of nitrogens with zero attached hydrogens (tertiary/aromatic N) is 1. The number of carbonyl (C=O) groups is 1. The molecule has 0 aliphatic heterocycles. The molecule has 1 heterocycles. The van der Waals surface area contributed by atoms with Crippen LogP contribution in [-0.2, 0) is 0 Å². The first kappa shape index (κ1) is 13.1. The highest BCUT2D eigenvalue weighted by molar-refractivity contribution is 7.09. The average molecular weight is 242 g/mol. The second-order valence-electron chi connectivity index (χ2n) is 3.65. The SMILES string of the molecule is Cc1nc(C(=O)NCCCCCCO)cs1. The number of hydrogen-bond acceptors (Lipinski definition) is 4. The zero-order valence-electron chi connectivity index (χ0n) is 9.53. The van der Waals surface area contributed by atoms with E-state index in [2.05, 4.69) is 10.3 Å². The van der Waals surface area contributed by atoms with Crippen molar-refractivity contribution in [3.8, 4) is 0 Å². The molecular weight excluding hydrogens is 224 g/mol. The van der Waals surface area contributed by atoms with Crippen LogP contribution in [-0.4, -0.2) is 29.1 Å². The summed E-state index contributed by atoms with van der Waals surface area (Å²) in [6.07, 6.45) is 3.85. The molecule has 1 aromatic rings. The fraction of sp³-hybridized carbons (Fsp3) is 0.636. The molecule has 0 aliphatic rings. The van der Waals surface area contributed by atoms with Crippen LogP contribution in [0.5, 0.6) is 0 Å². The molecular formula is C11H18N2O2S. The van der Waals surface area contributed by atoms with Gasteiger partial charge in [0.1, 0.15) is 5.69 Å². The fourth-order valence-electron chi connectivity index (χ4n) is 1.35. The number of aromatic nitrogens is 1. The predicted molar refractivity (Wildman–Crippen MR) is 64.7 cm³/mol. The van der Waals surface area contributed by atoms with E-state index in [1.165, 1.54) is 11.3 Å². The molecule has 0 bridgehead atoms. The van der Waals surface area contributed by atoms with Crippen molar-refractivity contribution in [2.45, 2.75) is 32.6 Å². The first-order valence-electron chi connectivity index (χ1n) is 5.55. The Labute approximate surface area is 99.7 Å². The van der Waals surface area contributed by atoms with Gasteiger partial charge in [0.2, 0.25) is 0 Å². The molecule has 1 amide bonds. The Balaban J connectivity index is 2.11. The number of rotatable bonds is 7. The Kier molecular flexibility index (Phi) is 6.03. The zero-order valence-corrected chi connectivity index (χ0v) is 10.3. The van der Waals surface area contributed by atoms with E-state index in [-0.39, 0.29) is 12.5 Å². The molecule has 0 fully saturated rings. The van der Waals surface area contributed by atoms with Crippen molar-refractivity contribution in [1.82, 2.24) is 10.3 Å². The van der Waals surface area contributed by atoms with Gasteiger partial charge in [-0.15, -0.1) is 11.3 Å². The molecule has 16 heavy (non-hydrogen) atoms. The first-order valence-corrected chi connectivity index (χ1v) is 6.43.